The first-order chi connectivity index (χ1) is 14.8. The average molecular weight is 432 g/mol. The van der Waals surface area contributed by atoms with Crippen molar-refractivity contribution >= 4 is 23.3 Å². The van der Waals surface area contributed by atoms with Crippen LogP contribution in [0.3, 0.4) is 0 Å². The average Bonchev–Trinajstić information content (AvgIpc) is 2.74. The molecule has 1 atom stereocenters. The van der Waals surface area contributed by atoms with Crippen molar-refractivity contribution < 1.29 is 28.7 Å². The van der Waals surface area contributed by atoms with Crippen LogP contribution in [0.4, 0.5) is 14.6 Å². The van der Waals surface area contributed by atoms with Gasteiger partial charge in [-0.3, -0.25) is 14.8 Å². The summed E-state index contributed by atoms with van der Waals surface area (Å²) in [6, 6.07) is 4.48. The minimum Gasteiger partial charge on any atom is -0.396 e. The number of halogens is 2. The van der Waals surface area contributed by atoms with Crippen molar-refractivity contribution in [2.24, 2.45) is 5.92 Å². The van der Waals surface area contributed by atoms with Gasteiger partial charge in [-0.05, 0) is 37.0 Å². The first-order valence-corrected chi connectivity index (χ1v) is 9.76. The normalized spacial score (nSPS) is 15.7. The van der Waals surface area contributed by atoms with Gasteiger partial charge in [0.15, 0.2) is 11.7 Å². The predicted octanol–water partition coefficient (Wildman–Crippen LogP) is 2.10. The summed E-state index contributed by atoms with van der Waals surface area (Å²) < 4.78 is 26.8. The Kier molecular flexibility index (Phi) is 7.03. The van der Waals surface area contributed by atoms with Gasteiger partial charge in [0.05, 0.1) is 5.71 Å². The maximum atomic E-state index is 13.8. The molecule has 1 unspecified atom stereocenters. The molecule has 1 aliphatic heterocycles. The molecule has 0 saturated heterocycles. The standard InChI is InChI=1S/C21H22F2N4O4/c22-14-6-5-13(16(23)9-14)11-26-20(29)17-18(24)15-8-12(4-2-1-3-7-28)10-25-19(15)27(31)21(17)30/h5-6,8-10,17,24,28,31H,1-4,7,11H2,(H,26,29). The molecule has 0 aliphatic carbocycles. The molecule has 3 rings (SSSR count). The van der Waals surface area contributed by atoms with Gasteiger partial charge in [-0.1, -0.05) is 12.5 Å². The lowest BCUT2D eigenvalue weighted by molar-refractivity contribution is -0.134. The highest BCUT2D eigenvalue weighted by molar-refractivity contribution is 6.30. The molecule has 4 N–H and O–H groups in total. The second-order valence-electron chi connectivity index (χ2n) is 7.20. The third kappa shape index (κ3) is 4.92. The van der Waals surface area contributed by atoms with Gasteiger partial charge in [0.2, 0.25) is 5.91 Å². The van der Waals surface area contributed by atoms with Gasteiger partial charge in [-0.2, -0.15) is 5.06 Å². The molecule has 0 spiro atoms. The summed E-state index contributed by atoms with van der Waals surface area (Å²) in [6.45, 7) is -0.212. The number of fused-ring (bicyclic) bond motifs is 1. The number of anilines is 1. The van der Waals surface area contributed by atoms with Crippen LogP contribution in [0.1, 0.15) is 36.0 Å². The highest BCUT2D eigenvalue weighted by Gasteiger charge is 2.42. The van der Waals surface area contributed by atoms with Crippen molar-refractivity contribution in [2.75, 3.05) is 11.7 Å². The number of hydrogen-bond acceptors (Lipinski definition) is 6. The molecule has 0 saturated carbocycles. The Morgan fingerprint density at radius 3 is 2.71 bits per heavy atom. The van der Waals surface area contributed by atoms with Gasteiger partial charge in [0.25, 0.3) is 5.91 Å². The number of nitrogens with zero attached hydrogens (tertiary/aromatic N) is 2. The predicted molar refractivity (Wildman–Crippen MR) is 107 cm³/mol. The summed E-state index contributed by atoms with van der Waals surface area (Å²) in [7, 11) is 0. The molecule has 0 radical (unpaired) electrons. The van der Waals surface area contributed by atoms with E-state index in [0.717, 1.165) is 24.5 Å². The van der Waals surface area contributed by atoms with Crippen LogP contribution in [0.2, 0.25) is 0 Å². The molecule has 164 valence electrons. The maximum Gasteiger partial charge on any atom is 0.270 e. The zero-order valence-corrected chi connectivity index (χ0v) is 16.6. The van der Waals surface area contributed by atoms with Gasteiger partial charge in [0, 0.05) is 36.5 Å². The lowest BCUT2D eigenvalue weighted by atomic mass is 9.90. The van der Waals surface area contributed by atoms with Crippen LogP contribution in [-0.4, -0.2) is 39.4 Å². The Labute approximate surface area is 177 Å². The van der Waals surface area contributed by atoms with E-state index < -0.39 is 29.4 Å². The van der Waals surface area contributed by atoms with Gasteiger partial charge in [-0.25, -0.2) is 13.8 Å². The van der Waals surface area contributed by atoms with E-state index in [1.54, 1.807) is 6.07 Å². The zero-order valence-electron chi connectivity index (χ0n) is 16.6. The highest BCUT2D eigenvalue weighted by Crippen LogP contribution is 2.29. The van der Waals surface area contributed by atoms with Gasteiger partial charge >= 0.3 is 0 Å². The molecule has 8 nitrogen and oxygen atoms in total. The van der Waals surface area contributed by atoms with Gasteiger partial charge < -0.3 is 15.8 Å². The Bertz CT molecular complexity index is 1010. The fraction of sp³-hybridized carbons (Fsp3) is 0.333. The summed E-state index contributed by atoms with van der Waals surface area (Å²) >= 11 is 0. The van der Waals surface area contributed by atoms with Crippen molar-refractivity contribution in [1.29, 1.82) is 5.41 Å². The number of carbonyl (C=O) groups is 2. The number of pyridine rings is 1. The topological polar surface area (TPSA) is 127 Å². The van der Waals surface area contributed by atoms with Gasteiger partial charge in [-0.15, -0.1) is 0 Å². The van der Waals surface area contributed by atoms with Crippen LogP contribution < -0.4 is 10.4 Å². The van der Waals surface area contributed by atoms with E-state index in [-0.39, 0.29) is 40.9 Å². The smallest absolute Gasteiger partial charge is 0.270 e. The molecule has 2 aromatic rings. The van der Waals surface area contributed by atoms with Crippen LogP contribution in [0.5, 0.6) is 0 Å². The van der Waals surface area contributed by atoms with E-state index in [2.05, 4.69) is 10.3 Å². The van der Waals surface area contributed by atoms with Crippen molar-refractivity contribution in [2.45, 2.75) is 32.2 Å². The number of unbranched alkanes of at least 4 members (excludes halogenated alkanes) is 2. The van der Waals surface area contributed by atoms with E-state index in [4.69, 9.17) is 10.5 Å². The molecule has 1 aromatic heterocycles. The Morgan fingerprint density at radius 2 is 2.00 bits per heavy atom. The summed E-state index contributed by atoms with van der Waals surface area (Å²) in [5.41, 5.74) is 0.594. The fourth-order valence-electron chi connectivity index (χ4n) is 3.32. The number of hydrogen-bond donors (Lipinski definition) is 4. The molecular weight excluding hydrogens is 410 g/mol. The summed E-state index contributed by atoms with van der Waals surface area (Å²) in [5, 5.41) is 30.0. The molecule has 0 fully saturated rings. The molecule has 2 heterocycles. The van der Waals surface area contributed by atoms with Crippen molar-refractivity contribution in [3.05, 3.63) is 58.8 Å². The number of aryl methyl sites for hydroxylation is 1. The number of aliphatic hydroxyl groups excluding tert-OH is 1. The van der Waals surface area contributed by atoms with E-state index in [9.17, 15) is 23.6 Å². The molecular formula is C21H22F2N4O4. The van der Waals surface area contributed by atoms with Crippen molar-refractivity contribution in [1.82, 2.24) is 10.3 Å². The SMILES string of the molecule is N=C1c2cc(CCCCCO)cnc2N(O)C(=O)C1C(=O)NCc1ccc(F)cc1F. The number of aliphatic hydroxyl groups is 1. The van der Waals surface area contributed by atoms with E-state index in [0.29, 0.717) is 18.9 Å². The first-order valence-electron chi connectivity index (χ1n) is 9.76. The summed E-state index contributed by atoms with van der Waals surface area (Å²) in [5.74, 6) is -5.32. The maximum absolute atomic E-state index is 13.8. The van der Waals surface area contributed by atoms with Crippen molar-refractivity contribution in [3.63, 3.8) is 0 Å². The fourth-order valence-corrected chi connectivity index (χ4v) is 3.32. The molecule has 1 aliphatic rings. The molecule has 31 heavy (non-hydrogen) atoms. The van der Waals surface area contributed by atoms with E-state index in [1.165, 1.54) is 12.3 Å². The van der Waals surface area contributed by atoms with Crippen LogP contribution in [0.25, 0.3) is 0 Å². The number of hydroxylamine groups is 1. The summed E-state index contributed by atoms with van der Waals surface area (Å²) in [6.07, 6.45) is 4.36. The number of aromatic nitrogens is 1. The first kappa shape index (κ1) is 22.4. The summed E-state index contributed by atoms with van der Waals surface area (Å²) in [4.78, 5) is 29.1. The number of benzene rings is 1. The van der Waals surface area contributed by atoms with Crippen LogP contribution in [0, 0.1) is 23.0 Å². The third-order valence-corrected chi connectivity index (χ3v) is 5.01. The lowest BCUT2D eigenvalue weighted by Gasteiger charge is -2.29. The zero-order chi connectivity index (χ0) is 22.5. The molecule has 1 aromatic carbocycles. The van der Waals surface area contributed by atoms with Crippen LogP contribution in [-0.2, 0) is 22.6 Å². The van der Waals surface area contributed by atoms with Gasteiger partial charge in [0.1, 0.15) is 11.6 Å². The van der Waals surface area contributed by atoms with Crippen LogP contribution in [0.15, 0.2) is 30.5 Å². The number of nitrogens with one attached hydrogen (secondary N) is 2. The monoisotopic (exact) mass is 432 g/mol. The molecule has 10 heteroatoms. The largest absolute Gasteiger partial charge is 0.396 e. The Balaban J connectivity index is 1.76. The van der Waals surface area contributed by atoms with E-state index >= 15 is 0 Å². The Hall–Kier alpha value is -3.24. The second kappa shape index (κ2) is 9.71. The van der Waals surface area contributed by atoms with Crippen molar-refractivity contribution in [3.8, 4) is 0 Å². The quantitative estimate of drug-likeness (QED) is 0.289. The van der Waals surface area contributed by atoms with E-state index in [1.807, 2.05) is 0 Å². The minimum atomic E-state index is -1.63. The molecule has 0 bridgehead atoms. The molecule has 2 amide bonds. The Morgan fingerprint density at radius 1 is 1.23 bits per heavy atom. The minimum absolute atomic E-state index is 0.0117. The second-order valence-corrected chi connectivity index (χ2v) is 7.20. The van der Waals surface area contributed by atoms with Crippen LogP contribution >= 0.6 is 0 Å². The number of rotatable bonds is 8. The number of amides is 2. The number of carbonyl (C=O) groups excluding carboxylic acids is 2. The third-order valence-electron chi connectivity index (χ3n) is 5.01. The lowest BCUT2D eigenvalue weighted by Crippen LogP contribution is -2.50. The highest BCUT2D eigenvalue weighted by atomic mass is 19.1.